The van der Waals surface area contributed by atoms with Gasteiger partial charge in [0.15, 0.2) is 3.79 Å². The van der Waals surface area contributed by atoms with Crippen molar-refractivity contribution in [3.05, 3.63) is 35.5 Å². The molecule has 0 bridgehead atoms. The lowest BCUT2D eigenvalue weighted by molar-refractivity contribution is -0.156. The Morgan fingerprint density at radius 3 is 2.52 bits per heavy atom. The summed E-state index contributed by atoms with van der Waals surface area (Å²) >= 11 is 17.3. The van der Waals surface area contributed by atoms with Crippen LogP contribution in [0.25, 0.3) is 0 Å². The van der Waals surface area contributed by atoms with Gasteiger partial charge in [0.25, 0.3) is 0 Å². The molecule has 0 aromatic carbocycles. The Bertz CT molecular complexity index is 1050. The molecule has 0 amide bonds. The third-order valence-electron chi connectivity index (χ3n) is 9.96. The number of hydrogen-bond acceptors (Lipinski definition) is 5. The predicted molar refractivity (Wildman–Crippen MR) is 169 cm³/mol. The van der Waals surface area contributed by atoms with Gasteiger partial charge in [-0.05, 0) is 86.7 Å². The monoisotopic (exact) mass is 646 g/mol. The number of aliphatic hydroxyl groups excluding tert-OH is 1. The van der Waals surface area contributed by atoms with Gasteiger partial charge in [0, 0.05) is 19.3 Å². The lowest BCUT2D eigenvalue weighted by Gasteiger charge is -2.44. The standard InChI is InChI=1S/C33H49Cl3O6/c1-20(8-6-14-31(3,4)41)26-12-13-27-22(9-7-15-32(26,27)5)10-11-23-16-25(18-28(37)21(23)2)42-29(38)17-24(30(39)40)19-33(34,35)36/h10-11,20,24-28,37,41H,2,6-9,12-19H2,1,3-5H3,(H,39,40)/b22-10?,23-11-/t20-,24?,25-,26-,27?,28-,32-/m1/s1. The minimum absolute atomic E-state index is 0.203. The smallest absolute Gasteiger partial charge is 0.307 e. The van der Waals surface area contributed by atoms with Gasteiger partial charge in [-0.15, -0.1) is 0 Å². The van der Waals surface area contributed by atoms with E-state index in [0.29, 0.717) is 29.7 Å². The van der Waals surface area contributed by atoms with Crippen molar-refractivity contribution in [2.45, 2.75) is 126 Å². The third kappa shape index (κ3) is 9.72. The van der Waals surface area contributed by atoms with Crippen LogP contribution in [-0.2, 0) is 14.3 Å². The number of rotatable bonds is 11. The molecule has 6 nitrogen and oxygen atoms in total. The SMILES string of the molecule is C=C1/C(=C\C=C2CCC[C@@]3(C)C2CC[C@@H]3[C@H](C)CCCC(C)(C)O)C[C@@H](OC(=O)CC(CC(Cl)(Cl)Cl)C(=O)O)C[C@H]1O. The molecule has 3 fully saturated rings. The van der Waals surface area contributed by atoms with Crippen LogP contribution >= 0.6 is 34.8 Å². The molecule has 238 valence electrons. The molecule has 3 N–H and O–H groups in total. The van der Waals surface area contributed by atoms with Crippen molar-refractivity contribution in [3.8, 4) is 0 Å². The molecule has 7 atom stereocenters. The third-order valence-corrected chi connectivity index (χ3v) is 10.4. The summed E-state index contributed by atoms with van der Waals surface area (Å²) in [4.78, 5) is 24.2. The molecule has 0 aliphatic heterocycles. The molecule has 0 saturated heterocycles. The first-order chi connectivity index (χ1) is 19.4. The number of carboxylic acid groups (broad SMARTS) is 1. The summed E-state index contributed by atoms with van der Waals surface area (Å²) < 4.78 is 3.80. The van der Waals surface area contributed by atoms with Crippen molar-refractivity contribution >= 4 is 46.7 Å². The Balaban J connectivity index is 1.67. The van der Waals surface area contributed by atoms with Crippen LogP contribution in [-0.4, -0.2) is 48.9 Å². The Hall–Kier alpha value is -1.05. The fraction of sp³-hybridized carbons (Fsp3) is 0.758. The summed E-state index contributed by atoms with van der Waals surface area (Å²) in [6.07, 6.45) is 11.5. The van der Waals surface area contributed by atoms with E-state index in [2.05, 4.69) is 26.5 Å². The normalized spacial score (nSPS) is 32.1. The predicted octanol–water partition coefficient (Wildman–Crippen LogP) is 8.11. The van der Waals surface area contributed by atoms with E-state index in [1.54, 1.807) is 0 Å². The van der Waals surface area contributed by atoms with Gasteiger partial charge in [-0.3, -0.25) is 9.59 Å². The van der Waals surface area contributed by atoms with Gasteiger partial charge in [-0.25, -0.2) is 0 Å². The second-order valence-corrected chi connectivity index (χ2v) is 16.4. The highest BCUT2D eigenvalue weighted by molar-refractivity contribution is 6.67. The van der Waals surface area contributed by atoms with Crippen LogP contribution in [0.3, 0.4) is 0 Å². The van der Waals surface area contributed by atoms with E-state index < -0.39 is 45.9 Å². The van der Waals surface area contributed by atoms with E-state index >= 15 is 0 Å². The summed E-state index contributed by atoms with van der Waals surface area (Å²) in [5, 5.41) is 30.3. The van der Waals surface area contributed by atoms with Crippen molar-refractivity contribution in [1.29, 1.82) is 0 Å². The van der Waals surface area contributed by atoms with Gasteiger partial charge < -0.3 is 20.1 Å². The number of esters is 1. The van der Waals surface area contributed by atoms with Crippen molar-refractivity contribution in [3.63, 3.8) is 0 Å². The molecular formula is C33H49Cl3O6. The number of aliphatic carboxylic acids is 1. The van der Waals surface area contributed by atoms with Crippen LogP contribution < -0.4 is 0 Å². The average molecular weight is 648 g/mol. The van der Waals surface area contributed by atoms with E-state index in [1.165, 1.54) is 24.8 Å². The summed E-state index contributed by atoms with van der Waals surface area (Å²) in [6, 6.07) is 0. The molecule has 9 heteroatoms. The molecule has 2 unspecified atom stereocenters. The maximum absolute atomic E-state index is 12.6. The molecule has 3 rings (SSSR count). The number of fused-ring (bicyclic) bond motifs is 1. The number of allylic oxidation sites excluding steroid dienone is 3. The van der Waals surface area contributed by atoms with Crippen molar-refractivity contribution in [1.82, 2.24) is 0 Å². The van der Waals surface area contributed by atoms with Crippen LogP contribution in [0, 0.1) is 29.1 Å². The number of carboxylic acids is 1. The molecule has 0 heterocycles. The van der Waals surface area contributed by atoms with Gasteiger partial charge in [-0.1, -0.05) is 85.8 Å². The number of ether oxygens (including phenoxy) is 1. The lowest BCUT2D eigenvalue weighted by atomic mass is 9.60. The van der Waals surface area contributed by atoms with Crippen LogP contribution in [0.5, 0.6) is 0 Å². The van der Waals surface area contributed by atoms with E-state index in [9.17, 15) is 24.9 Å². The Morgan fingerprint density at radius 1 is 1.21 bits per heavy atom. The number of halogens is 3. The first kappa shape index (κ1) is 35.4. The number of aliphatic hydroxyl groups is 2. The van der Waals surface area contributed by atoms with Gasteiger partial charge in [0.2, 0.25) is 0 Å². The van der Waals surface area contributed by atoms with Crippen molar-refractivity contribution in [2.24, 2.45) is 29.1 Å². The quantitative estimate of drug-likeness (QED) is 0.155. The van der Waals surface area contributed by atoms with Crippen molar-refractivity contribution < 1.29 is 29.6 Å². The number of carbonyl (C=O) groups is 2. The minimum atomic E-state index is -1.80. The topological polar surface area (TPSA) is 104 Å². The number of hydrogen-bond donors (Lipinski definition) is 3. The molecule has 0 aromatic rings. The largest absolute Gasteiger partial charge is 0.481 e. The fourth-order valence-electron chi connectivity index (χ4n) is 7.77. The average Bonchev–Trinajstić information content (AvgIpc) is 3.20. The van der Waals surface area contributed by atoms with Crippen LogP contribution in [0.4, 0.5) is 0 Å². The molecular weight excluding hydrogens is 599 g/mol. The zero-order valence-electron chi connectivity index (χ0n) is 25.5. The molecule has 3 aliphatic rings. The van der Waals surface area contributed by atoms with Gasteiger partial charge in [0.05, 0.1) is 24.0 Å². The van der Waals surface area contributed by atoms with E-state index in [1.807, 2.05) is 19.9 Å². The fourth-order valence-corrected chi connectivity index (χ4v) is 8.33. The second kappa shape index (κ2) is 14.4. The maximum atomic E-state index is 12.6. The Morgan fingerprint density at radius 2 is 1.90 bits per heavy atom. The highest BCUT2D eigenvalue weighted by atomic mass is 35.6. The first-order valence-electron chi connectivity index (χ1n) is 15.4. The maximum Gasteiger partial charge on any atom is 0.307 e. The Kier molecular flexibility index (Phi) is 12.1. The second-order valence-electron chi connectivity index (χ2n) is 13.9. The van der Waals surface area contributed by atoms with E-state index in [0.717, 1.165) is 37.7 Å². The highest BCUT2D eigenvalue weighted by Crippen LogP contribution is 2.60. The summed E-state index contributed by atoms with van der Waals surface area (Å²) in [5.74, 6) is -1.33. The molecule has 0 aromatic heterocycles. The van der Waals surface area contributed by atoms with Crippen LogP contribution in [0.15, 0.2) is 35.5 Å². The highest BCUT2D eigenvalue weighted by Gasteiger charge is 2.50. The molecule has 3 aliphatic carbocycles. The van der Waals surface area contributed by atoms with Crippen LogP contribution in [0.1, 0.15) is 105 Å². The lowest BCUT2D eigenvalue weighted by Crippen LogP contribution is -2.36. The van der Waals surface area contributed by atoms with E-state index in [-0.39, 0.29) is 18.3 Å². The zero-order valence-corrected chi connectivity index (χ0v) is 27.8. The Labute approximate surface area is 266 Å². The summed E-state index contributed by atoms with van der Waals surface area (Å²) in [7, 11) is 0. The molecule has 0 radical (unpaired) electrons. The number of carbonyl (C=O) groups excluding carboxylic acids is 1. The van der Waals surface area contributed by atoms with Crippen LogP contribution in [0.2, 0.25) is 0 Å². The molecule has 0 spiro atoms. The molecule has 3 saturated carbocycles. The van der Waals surface area contributed by atoms with Gasteiger partial charge >= 0.3 is 11.9 Å². The van der Waals surface area contributed by atoms with Gasteiger partial charge in [-0.2, -0.15) is 0 Å². The summed E-state index contributed by atoms with van der Waals surface area (Å²) in [5.41, 5.74) is 2.56. The minimum Gasteiger partial charge on any atom is -0.481 e. The molecule has 42 heavy (non-hydrogen) atoms. The van der Waals surface area contributed by atoms with E-state index in [4.69, 9.17) is 39.5 Å². The first-order valence-corrected chi connectivity index (χ1v) is 16.5. The number of alkyl halides is 3. The van der Waals surface area contributed by atoms with Crippen molar-refractivity contribution in [2.75, 3.05) is 0 Å². The summed E-state index contributed by atoms with van der Waals surface area (Å²) in [6.45, 7) is 12.7. The van der Waals surface area contributed by atoms with Gasteiger partial charge in [0.1, 0.15) is 6.10 Å². The zero-order chi connectivity index (χ0) is 31.5.